The van der Waals surface area contributed by atoms with E-state index < -0.39 is 11.2 Å². The van der Waals surface area contributed by atoms with Crippen molar-refractivity contribution >= 4 is 5.97 Å². The van der Waals surface area contributed by atoms with Crippen LogP contribution in [0.5, 0.6) is 0 Å². The minimum Gasteiger partial charge on any atom is -0.458 e. The van der Waals surface area contributed by atoms with Crippen LogP contribution in [0.1, 0.15) is 27.7 Å². The van der Waals surface area contributed by atoms with Crippen LogP contribution in [0, 0.1) is 0 Å². The van der Waals surface area contributed by atoms with E-state index in [2.05, 4.69) is 0 Å². The van der Waals surface area contributed by atoms with Gasteiger partial charge in [0.25, 0.3) is 0 Å². The van der Waals surface area contributed by atoms with Crippen molar-refractivity contribution < 1.29 is 14.3 Å². The maximum atomic E-state index is 11.2. The Balaban J connectivity index is 2.45. The number of carbonyl (C=O) groups excluding carboxylic acids is 1. The molecule has 0 spiro atoms. The van der Waals surface area contributed by atoms with Gasteiger partial charge in [-0.1, -0.05) is 0 Å². The average Bonchev–Trinajstić information content (AvgIpc) is 2.44. The van der Waals surface area contributed by atoms with Crippen molar-refractivity contribution in [1.82, 2.24) is 0 Å². The second-order valence-corrected chi connectivity index (χ2v) is 4.02. The minimum absolute atomic E-state index is 0.259. The molecular formula is C8H14O3. The maximum absolute atomic E-state index is 11.2. The third-order valence-corrected chi connectivity index (χ3v) is 1.41. The topological polar surface area (TPSA) is 38.8 Å². The number of hydrogen-bond donors (Lipinski definition) is 0. The molecule has 0 radical (unpaired) electrons. The quantitative estimate of drug-likeness (QED) is 0.424. The van der Waals surface area contributed by atoms with E-state index >= 15 is 0 Å². The van der Waals surface area contributed by atoms with Crippen LogP contribution in [0.25, 0.3) is 0 Å². The lowest BCUT2D eigenvalue weighted by Crippen LogP contribution is -2.32. The third-order valence-electron chi connectivity index (χ3n) is 1.41. The van der Waals surface area contributed by atoms with Crippen molar-refractivity contribution in [3.63, 3.8) is 0 Å². The van der Waals surface area contributed by atoms with Crippen LogP contribution in [-0.4, -0.2) is 23.8 Å². The van der Waals surface area contributed by atoms with Crippen LogP contribution < -0.4 is 0 Å². The number of rotatable bonds is 1. The van der Waals surface area contributed by atoms with Gasteiger partial charge in [0.2, 0.25) is 0 Å². The van der Waals surface area contributed by atoms with Gasteiger partial charge >= 0.3 is 5.97 Å². The van der Waals surface area contributed by atoms with Gasteiger partial charge in [-0.3, -0.25) is 0 Å². The first kappa shape index (κ1) is 8.53. The first-order valence-electron chi connectivity index (χ1n) is 3.71. The zero-order chi connectivity index (χ0) is 8.70. The average molecular weight is 158 g/mol. The summed E-state index contributed by atoms with van der Waals surface area (Å²) in [5.74, 6) is -0.259. The zero-order valence-electron chi connectivity index (χ0n) is 7.43. The standard InChI is InChI=1S/C8H14O3/c1-7(2,3)11-6(9)8(4)5-10-8/h5H2,1-4H3/t8-/m0/s1. The summed E-state index contributed by atoms with van der Waals surface area (Å²) in [4.78, 5) is 11.2. The predicted molar refractivity (Wildman–Crippen MR) is 40.2 cm³/mol. The molecule has 0 unspecified atom stereocenters. The van der Waals surface area contributed by atoms with E-state index in [1.54, 1.807) is 6.92 Å². The van der Waals surface area contributed by atoms with Crippen molar-refractivity contribution in [2.75, 3.05) is 6.61 Å². The van der Waals surface area contributed by atoms with Gasteiger partial charge in [0.15, 0.2) is 5.60 Å². The Kier molecular flexibility index (Phi) is 1.71. The molecule has 1 atom stereocenters. The highest BCUT2D eigenvalue weighted by Gasteiger charge is 2.50. The molecule has 3 nitrogen and oxygen atoms in total. The zero-order valence-corrected chi connectivity index (χ0v) is 7.43. The Morgan fingerprint density at radius 2 is 2.00 bits per heavy atom. The first-order chi connectivity index (χ1) is 4.83. The molecule has 1 aliphatic rings. The molecule has 1 aliphatic heterocycles. The van der Waals surface area contributed by atoms with Gasteiger partial charge in [0, 0.05) is 0 Å². The van der Waals surface area contributed by atoms with Crippen molar-refractivity contribution in [2.45, 2.75) is 38.9 Å². The summed E-state index contributed by atoms with van der Waals surface area (Å²) in [5.41, 5.74) is -1.06. The van der Waals surface area contributed by atoms with E-state index in [0.29, 0.717) is 6.61 Å². The van der Waals surface area contributed by atoms with Crippen molar-refractivity contribution in [3.8, 4) is 0 Å². The normalized spacial score (nSPS) is 29.8. The van der Waals surface area contributed by atoms with Crippen LogP contribution in [0.4, 0.5) is 0 Å². The maximum Gasteiger partial charge on any atom is 0.341 e. The third kappa shape index (κ3) is 2.19. The molecule has 0 aromatic carbocycles. The molecular weight excluding hydrogens is 144 g/mol. The van der Waals surface area contributed by atoms with Crippen LogP contribution in [0.15, 0.2) is 0 Å². The fourth-order valence-electron chi connectivity index (χ4n) is 0.612. The van der Waals surface area contributed by atoms with E-state index in [4.69, 9.17) is 9.47 Å². The Bertz CT molecular complexity index is 174. The number of ether oxygens (including phenoxy) is 2. The summed E-state index contributed by atoms with van der Waals surface area (Å²) in [5, 5.41) is 0. The van der Waals surface area contributed by atoms with Gasteiger partial charge in [-0.05, 0) is 27.7 Å². The lowest BCUT2D eigenvalue weighted by Gasteiger charge is -2.20. The smallest absolute Gasteiger partial charge is 0.341 e. The minimum atomic E-state index is -0.646. The van der Waals surface area contributed by atoms with Crippen LogP contribution in [-0.2, 0) is 14.3 Å². The highest BCUT2D eigenvalue weighted by molar-refractivity contribution is 5.82. The number of carbonyl (C=O) groups is 1. The highest BCUT2D eigenvalue weighted by Crippen LogP contribution is 2.29. The number of hydrogen-bond acceptors (Lipinski definition) is 3. The summed E-state index contributed by atoms with van der Waals surface area (Å²) in [6.45, 7) is 7.76. The molecule has 0 N–H and O–H groups in total. The molecule has 3 heteroatoms. The second kappa shape index (κ2) is 2.21. The van der Waals surface area contributed by atoms with E-state index in [1.165, 1.54) is 0 Å². The van der Waals surface area contributed by atoms with Gasteiger partial charge in [-0.2, -0.15) is 0 Å². The van der Waals surface area contributed by atoms with Crippen LogP contribution >= 0.6 is 0 Å². The lowest BCUT2D eigenvalue weighted by atomic mass is 10.1. The molecule has 11 heavy (non-hydrogen) atoms. The van der Waals surface area contributed by atoms with Crippen molar-refractivity contribution in [2.24, 2.45) is 0 Å². The summed E-state index contributed by atoms with van der Waals surface area (Å²) in [6.07, 6.45) is 0. The van der Waals surface area contributed by atoms with E-state index in [-0.39, 0.29) is 5.97 Å². The molecule has 1 saturated heterocycles. The summed E-state index contributed by atoms with van der Waals surface area (Å²) in [6, 6.07) is 0. The van der Waals surface area contributed by atoms with Crippen LogP contribution in [0.2, 0.25) is 0 Å². The molecule has 64 valence electrons. The van der Waals surface area contributed by atoms with Crippen molar-refractivity contribution in [1.29, 1.82) is 0 Å². The second-order valence-electron chi connectivity index (χ2n) is 4.02. The Morgan fingerprint density at radius 1 is 1.55 bits per heavy atom. The molecule has 0 aromatic heterocycles. The highest BCUT2D eigenvalue weighted by atomic mass is 16.6. The van der Waals surface area contributed by atoms with Crippen LogP contribution in [0.3, 0.4) is 0 Å². The molecule has 0 saturated carbocycles. The summed E-state index contributed by atoms with van der Waals surface area (Å²) in [7, 11) is 0. The van der Waals surface area contributed by atoms with Gasteiger partial charge in [-0.25, -0.2) is 4.79 Å². The van der Waals surface area contributed by atoms with Gasteiger partial charge in [0.05, 0.1) is 6.61 Å². The molecule has 1 rings (SSSR count). The predicted octanol–water partition coefficient (Wildman–Crippen LogP) is 1.12. The fraction of sp³-hybridized carbons (Fsp3) is 0.875. The molecule has 1 fully saturated rings. The molecule has 1 heterocycles. The van der Waals surface area contributed by atoms with E-state index in [0.717, 1.165) is 0 Å². The Labute approximate surface area is 66.7 Å². The van der Waals surface area contributed by atoms with E-state index in [9.17, 15) is 4.79 Å². The van der Waals surface area contributed by atoms with E-state index in [1.807, 2.05) is 20.8 Å². The van der Waals surface area contributed by atoms with Gasteiger partial charge in [-0.15, -0.1) is 0 Å². The Hall–Kier alpha value is -0.570. The lowest BCUT2D eigenvalue weighted by molar-refractivity contribution is -0.160. The SMILES string of the molecule is CC(C)(C)OC(=O)[C@]1(C)CO1. The first-order valence-corrected chi connectivity index (χ1v) is 3.71. The molecule has 0 aliphatic carbocycles. The molecule has 0 bridgehead atoms. The largest absolute Gasteiger partial charge is 0.458 e. The fourth-order valence-corrected chi connectivity index (χ4v) is 0.612. The Morgan fingerprint density at radius 3 is 2.27 bits per heavy atom. The molecule has 0 amide bonds. The number of epoxide rings is 1. The van der Waals surface area contributed by atoms with Gasteiger partial charge in [0.1, 0.15) is 5.60 Å². The molecule has 0 aromatic rings. The summed E-state index contributed by atoms with van der Waals surface area (Å²) < 4.78 is 10.0. The summed E-state index contributed by atoms with van der Waals surface area (Å²) >= 11 is 0. The monoisotopic (exact) mass is 158 g/mol. The number of esters is 1. The van der Waals surface area contributed by atoms with Gasteiger partial charge < -0.3 is 9.47 Å². The van der Waals surface area contributed by atoms with Crippen molar-refractivity contribution in [3.05, 3.63) is 0 Å².